The van der Waals surface area contributed by atoms with Crippen molar-refractivity contribution in [3.05, 3.63) is 86.8 Å². The van der Waals surface area contributed by atoms with E-state index in [0.29, 0.717) is 38.0 Å². The molecule has 0 saturated carbocycles. The molecule has 12 heteroatoms. The molecule has 196 valence electrons. The second-order valence-corrected chi connectivity index (χ2v) is 10.3. The molecular formula is C26H22ClF3N6OS. The molecule has 5 rings (SSSR count). The predicted octanol–water partition coefficient (Wildman–Crippen LogP) is 6.81. The molecular weight excluding hydrogens is 537 g/mol. The third-order valence-electron chi connectivity index (χ3n) is 6.11. The Morgan fingerprint density at radius 1 is 1.11 bits per heavy atom. The van der Waals surface area contributed by atoms with Gasteiger partial charge in [-0.25, -0.2) is 9.50 Å². The standard InChI is InChI=1S/C26H22ClF3N6OS/c1-4-17-9-10-21(38-17)19-11-22(26(28,29)30)36-23(31-19)12-20(34-36)25(37)32-24-14(2)33-35(15(24)3)13-16-7-5-6-8-18(16)27/h5-12H,4,13H2,1-3H3,(H,32,37). The van der Waals surface area contributed by atoms with E-state index in [1.54, 1.807) is 30.7 Å². The van der Waals surface area contributed by atoms with Crippen LogP contribution in [0.1, 0.15) is 44.9 Å². The van der Waals surface area contributed by atoms with Crippen LogP contribution in [-0.4, -0.2) is 30.3 Å². The van der Waals surface area contributed by atoms with Crippen molar-refractivity contribution in [2.24, 2.45) is 0 Å². The lowest BCUT2D eigenvalue weighted by Gasteiger charge is -2.10. The summed E-state index contributed by atoms with van der Waals surface area (Å²) in [7, 11) is 0. The fourth-order valence-electron chi connectivity index (χ4n) is 4.12. The number of thiophene rings is 1. The Kier molecular flexibility index (Phi) is 6.74. The second-order valence-electron chi connectivity index (χ2n) is 8.69. The van der Waals surface area contributed by atoms with E-state index < -0.39 is 17.8 Å². The molecule has 0 fully saturated rings. The molecule has 38 heavy (non-hydrogen) atoms. The molecule has 4 aromatic heterocycles. The van der Waals surface area contributed by atoms with Crippen molar-refractivity contribution in [1.29, 1.82) is 0 Å². The van der Waals surface area contributed by atoms with Crippen LogP contribution in [0.25, 0.3) is 16.2 Å². The highest BCUT2D eigenvalue weighted by atomic mass is 35.5. The number of anilines is 1. The van der Waals surface area contributed by atoms with Gasteiger partial charge in [0.1, 0.15) is 0 Å². The number of nitrogens with one attached hydrogen (secondary N) is 1. The molecule has 0 aliphatic rings. The number of aryl methyl sites for hydroxylation is 2. The van der Waals surface area contributed by atoms with Crippen LogP contribution in [0.3, 0.4) is 0 Å². The maximum atomic E-state index is 14.0. The summed E-state index contributed by atoms with van der Waals surface area (Å²) < 4.78 is 44.2. The Morgan fingerprint density at radius 3 is 2.55 bits per heavy atom. The van der Waals surface area contributed by atoms with Crippen molar-refractivity contribution >= 4 is 40.2 Å². The van der Waals surface area contributed by atoms with Crippen molar-refractivity contribution in [1.82, 2.24) is 24.4 Å². The fraction of sp³-hybridized carbons (Fsp3) is 0.231. The third-order valence-corrected chi connectivity index (χ3v) is 7.73. The van der Waals surface area contributed by atoms with E-state index in [9.17, 15) is 18.0 Å². The van der Waals surface area contributed by atoms with Crippen molar-refractivity contribution in [3.63, 3.8) is 0 Å². The first kappa shape index (κ1) is 25.9. The molecule has 1 N–H and O–H groups in total. The number of carbonyl (C=O) groups excluding carboxylic acids is 1. The van der Waals surface area contributed by atoms with E-state index in [1.165, 1.54) is 17.4 Å². The van der Waals surface area contributed by atoms with Gasteiger partial charge in [0.25, 0.3) is 5.91 Å². The molecule has 0 saturated heterocycles. The summed E-state index contributed by atoms with van der Waals surface area (Å²) in [4.78, 5) is 19.1. The molecule has 5 aromatic rings. The van der Waals surface area contributed by atoms with E-state index in [4.69, 9.17) is 11.6 Å². The Hall–Kier alpha value is -3.70. The van der Waals surface area contributed by atoms with Crippen LogP contribution in [0.15, 0.2) is 48.5 Å². The Bertz CT molecular complexity index is 1670. The smallest absolute Gasteiger partial charge is 0.317 e. The van der Waals surface area contributed by atoms with Gasteiger partial charge in [0.2, 0.25) is 0 Å². The first-order valence-corrected chi connectivity index (χ1v) is 12.9. The van der Waals surface area contributed by atoms with Gasteiger partial charge in [0.15, 0.2) is 17.0 Å². The van der Waals surface area contributed by atoms with Crippen LogP contribution in [-0.2, 0) is 19.1 Å². The highest BCUT2D eigenvalue weighted by Gasteiger charge is 2.36. The molecule has 1 aromatic carbocycles. The molecule has 1 amide bonds. The summed E-state index contributed by atoms with van der Waals surface area (Å²) in [5.74, 6) is -0.668. The summed E-state index contributed by atoms with van der Waals surface area (Å²) >= 11 is 7.65. The summed E-state index contributed by atoms with van der Waals surface area (Å²) in [6.07, 6.45) is -3.93. The zero-order valence-corrected chi connectivity index (χ0v) is 22.2. The normalized spacial score (nSPS) is 11.9. The summed E-state index contributed by atoms with van der Waals surface area (Å²) in [6.45, 7) is 5.88. The first-order valence-electron chi connectivity index (χ1n) is 11.7. The first-order chi connectivity index (χ1) is 18.0. The quantitative estimate of drug-likeness (QED) is 0.248. The number of fused-ring (bicyclic) bond motifs is 1. The predicted molar refractivity (Wildman–Crippen MR) is 141 cm³/mol. The maximum Gasteiger partial charge on any atom is 0.433 e. The number of alkyl halides is 3. The number of rotatable bonds is 6. The van der Waals surface area contributed by atoms with Crippen LogP contribution >= 0.6 is 22.9 Å². The third kappa shape index (κ3) is 4.91. The number of nitrogens with zero attached hydrogens (tertiary/aromatic N) is 5. The van der Waals surface area contributed by atoms with E-state index >= 15 is 0 Å². The number of amides is 1. The minimum Gasteiger partial charge on any atom is -0.317 e. The molecule has 0 unspecified atom stereocenters. The number of benzene rings is 1. The van der Waals surface area contributed by atoms with Gasteiger partial charge in [0, 0.05) is 16.0 Å². The zero-order valence-electron chi connectivity index (χ0n) is 20.6. The van der Waals surface area contributed by atoms with E-state index in [0.717, 1.165) is 22.9 Å². The molecule has 7 nitrogen and oxygen atoms in total. The topological polar surface area (TPSA) is 77.1 Å². The van der Waals surface area contributed by atoms with E-state index in [1.807, 2.05) is 31.2 Å². The van der Waals surface area contributed by atoms with Crippen LogP contribution in [0, 0.1) is 13.8 Å². The molecule has 0 bridgehead atoms. The molecule has 0 spiro atoms. The van der Waals surface area contributed by atoms with Gasteiger partial charge < -0.3 is 5.32 Å². The zero-order chi connectivity index (χ0) is 27.2. The summed E-state index contributed by atoms with van der Waals surface area (Å²) in [5, 5.41) is 11.8. The number of hydrogen-bond donors (Lipinski definition) is 1. The molecule has 0 aliphatic heterocycles. The second kappa shape index (κ2) is 9.88. The minimum absolute atomic E-state index is 0.0747. The van der Waals surface area contributed by atoms with Gasteiger partial charge in [-0.2, -0.15) is 23.4 Å². The maximum absolute atomic E-state index is 14.0. The molecule has 0 atom stereocenters. The Balaban J connectivity index is 1.48. The van der Waals surface area contributed by atoms with E-state index in [-0.39, 0.29) is 17.0 Å². The SMILES string of the molecule is CCc1ccc(-c2cc(C(F)(F)F)n3nc(C(=O)Nc4c(C)nn(Cc5ccccc5Cl)c4C)cc3n2)s1. The number of halogens is 4. The summed E-state index contributed by atoms with van der Waals surface area (Å²) in [6, 6.07) is 13.2. The van der Waals surface area contributed by atoms with Gasteiger partial charge in [-0.1, -0.05) is 36.7 Å². The Labute approximate surface area is 224 Å². The average Bonchev–Trinajstić information content (AvgIpc) is 3.58. The highest BCUT2D eigenvalue weighted by Crippen LogP contribution is 2.34. The number of carbonyl (C=O) groups is 1. The molecule has 0 aliphatic carbocycles. The van der Waals surface area contributed by atoms with Crippen molar-refractivity contribution in [2.45, 2.75) is 39.9 Å². The number of aromatic nitrogens is 5. The van der Waals surface area contributed by atoms with Crippen molar-refractivity contribution in [3.8, 4) is 10.6 Å². The fourth-order valence-corrected chi connectivity index (χ4v) is 5.22. The van der Waals surface area contributed by atoms with Crippen molar-refractivity contribution in [2.75, 3.05) is 5.32 Å². The molecule has 0 radical (unpaired) electrons. The van der Waals surface area contributed by atoms with Crippen LogP contribution < -0.4 is 5.32 Å². The lowest BCUT2D eigenvalue weighted by atomic mass is 10.2. The van der Waals surface area contributed by atoms with Gasteiger partial charge in [-0.05, 0) is 50.1 Å². The van der Waals surface area contributed by atoms with Gasteiger partial charge in [-0.3, -0.25) is 9.48 Å². The van der Waals surface area contributed by atoms with Gasteiger partial charge in [0.05, 0.1) is 34.2 Å². The van der Waals surface area contributed by atoms with Crippen LogP contribution in [0.5, 0.6) is 0 Å². The lowest BCUT2D eigenvalue weighted by Crippen LogP contribution is -2.16. The van der Waals surface area contributed by atoms with Crippen LogP contribution in [0.2, 0.25) is 5.02 Å². The number of hydrogen-bond acceptors (Lipinski definition) is 5. The Morgan fingerprint density at radius 2 is 1.87 bits per heavy atom. The molecule has 4 heterocycles. The van der Waals surface area contributed by atoms with Gasteiger partial charge >= 0.3 is 6.18 Å². The van der Waals surface area contributed by atoms with Crippen molar-refractivity contribution < 1.29 is 18.0 Å². The van der Waals surface area contributed by atoms with Crippen LogP contribution in [0.4, 0.5) is 18.9 Å². The minimum atomic E-state index is -4.70. The lowest BCUT2D eigenvalue weighted by molar-refractivity contribution is -0.142. The van der Waals surface area contributed by atoms with E-state index in [2.05, 4.69) is 20.5 Å². The average molecular weight is 559 g/mol. The summed E-state index contributed by atoms with van der Waals surface area (Å²) in [5.41, 5.74) is 1.42. The highest BCUT2D eigenvalue weighted by molar-refractivity contribution is 7.15. The monoisotopic (exact) mass is 558 g/mol. The largest absolute Gasteiger partial charge is 0.433 e. The van der Waals surface area contributed by atoms with Gasteiger partial charge in [-0.15, -0.1) is 11.3 Å².